The Kier molecular flexibility index (Phi) is 6.25. The lowest BCUT2D eigenvalue weighted by Crippen LogP contribution is -2.56. The van der Waals surface area contributed by atoms with Crippen molar-refractivity contribution in [3.63, 3.8) is 0 Å². The van der Waals surface area contributed by atoms with Crippen molar-refractivity contribution >= 4 is 17.5 Å². The first kappa shape index (κ1) is 18.8. The molecular formula is C20H28FN3O2. The summed E-state index contributed by atoms with van der Waals surface area (Å²) < 4.78 is 13.1. The van der Waals surface area contributed by atoms with Gasteiger partial charge < -0.3 is 10.2 Å². The van der Waals surface area contributed by atoms with Gasteiger partial charge in [0, 0.05) is 38.3 Å². The number of carbonyl (C=O) groups excluding carboxylic acids is 2. The lowest BCUT2D eigenvalue weighted by Gasteiger charge is -2.40. The van der Waals surface area contributed by atoms with Crippen LogP contribution in [0.5, 0.6) is 0 Å². The van der Waals surface area contributed by atoms with E-state index in [4.69, 9.17) is 0 Å². The molecule has 142 valence electrons. The first-order valence-corrected chi connectivity index (χ1v) is 9.66. The molecule has 3 rings (SSSR count). The molecule has 0 radical (unpaired) electrons. The molecule has 5 nitrogen and oxygen atoms in total. The Labute approximate surface area is 154 Å². The third-order valence-electron chi connectivity index (χ3n) is 5.59. The largest absolute Gasteiger partial charge is 0.340 e. The molecule has 0 bridgehead atoms. The predicted octanol–water partition coefficient (Wildman–Crippen LogP) is 2.88. The van der Waals surface area contributed by atoms with Crippen LogP contribution in [-0.2, 0) is 9.59 Å². The van der Waals surface area contributed by atoms with Crippen molar-refractivity contribution in [3.8, 4) is 0 Å². The van der Waals surface area contributed by atoms with E-state index in [1.165, 1.54) is 25.0 Å². The molecule has 2 fully saturated rings. The van der Waals surface area contributed by atoms with Gasteiger partial charge in [-0.15, -0.1) is 0 Å². The third kappa shape index (κ3) is 4.41. The van der Waals surface area contributed by atoms with Crippen molar-refractivity contribution in [2.24, 2.45) is 5.92 Å². The van der Waals surface area contributed by atoms with Crippen LogP contribution >= 0.6 is 0 Å². The molecule has 0 aromatic heterocycles. The minimum Gasteiger partial charge on any atom is -0.340 e. The number of halogens is 1. The smallest absolute Gasteiger partial charge is 0.242 e. The van der Waals surface area contributed by atoms with E-state index in [1.54, 1.807) is 12.1 Å². The zero-order valence-corrected chi connectivity index (χ0v) is 15.4. The summed E-state index contributed by atoms with van der Waals surface area (Å²) in [5.74, 6) is 0.201. The monoisotopic (exact) mass is 361 g/mol. The molecule has 1 N–H and O–H groups in total. The average molecular weight is 361 g/mol. The number of carbonyl (C=O) groups is 2. The highest BCUT2D eigenvalue weighted by Crippen LogP contribution is 2.31. The number of hydrogen-bond acceptors (Lipinski definition) is 3. The first-order valence-electron chi connectivity index (χ1n) is 9.66. The van der Waals surface area contributed by atoms with Gasteiger partial charge in [-0.2, -0.15) is 0 Å². The van der Waals surface area contributed by atoms with Crippen LogP contribution in [0.1, 0.15) is 39.0 Å². The number of amides is 2. The quantitative estimate of drug-likeness (QED) is 0.877. The van der Waals surface area contributed by atoms with Gasteiger partial charge in [-0.05, 0) is 43.0 Å². The fraction of sp³-hybridized carbons (Fsp3) is 0.600. The zero-order valence-electron chi connectivity index (χ0n) is 15.4. The highest BCUT2D eigenvalue weighted by atomic mass is 19.1. The standard InChI is InChI=1S/C20H28FN3O2/c1-2-18(25)23-11-13-24(14-12-23)19(15-5-3-4-6-15)20(26)22-17-9-7-16(21)8-10-17/h7-10,15,19H,2-6,11-14H2,1H3,(H,22,26). The Morgan fingerprint density at radius 2 is 1.73 bits per heavy atom. The maximum Gasteiger partial charge on any atom is 0.242 e. The highest BCUT2D eigenvalue weighted by molar-refractivity contribution is 5.95. The van der Waals surface area contributed by atoms with Crippen LogP contribution in [0.25, 0.3) is 0 Å². The molecule has 26 heavy (non-hydrogen) atoms. The number of rotatable bonds is 5. The molecule has 1 unspecified atom stereocenters. The van der Waals surface area contributed by atoms with E-state index in [2.05, 4.69) is 10.2 Å². The second-order valence-electron chi connectivity index (χ2n) is 7.26. The van der Waals surface area contributed by atoms with E-state index in [9.17, 15) is 14.0 Å². The molecule has 1 aromatic carbocycles. The highest BCUT2D eigenvalue weighted by Gasteiger charge is 2.37. The van der Waals surface area contributed by atoms with Crippen LogP contribution in [0, 0.1) is 11.7 Å². The fourth-order valence-electron chi connectivity index (χ4n) is 4.17. The van der Waals surface area contributed by atoms with Gasteiger partial charge in [0.2, 0.25) is 11.8 Å². The summed E-state index contributed by atoms with van der Waals surface area (Å²) in [6.07, 6.45) is 4.99. The number of piperazine rings is 1. The summed E-state index contributed by atoms with van der Waals surface area (Å²) in [6.45, 7) is 4.69. The first-order chi connectivity index (χ1) is 12.6. The lowest BCUT2D eigenvalue weighted by atomic mass is 9.95. The van der Waals surface area contributed by atoms with Crippen molar-refractivity contribution in [2.45, 2.75) is 45.1 Å². The van der Waals surface area contributed by atoms with Gasteiger partial charge in [-0.3, -0.25) is 14.5 Å². The van der Waals surface area contributed by atoms with E-state index in [0.717, 1.165) is 25.9 Å². The van der Waals surface area contributed by atoms with E-state index in [-0.39, 0.29) is 23.7 Å². The normalized spacial score (nSPS) is 20.2. The number of nitrogens with one attached hydrogen (secondary N) is 1. The van der Waals surface area contributed by atoms with E-state index >= 15 is 0 Å². The average Bonchev–Trinajstić information content (AvgIpc) is 3.18. The number of nitrogens with zero attached hydrogens (tertiary/aromatic N) is 2. The van der Waals surface area contributed by atoms with E-state index in [0.29, 0.717) is 31.1 Å². The SMILES string of the molecule is CCC(=O)N1CCN(C(C(=O)Nc2ccc(F)cc2)C2CCCC2)CC1. The molecule has 1 saturated carbocycles. The summed E-state index contributed by atoms with van der Waals surface area (Å²) in [7, 11) is 0. The third-order valence-corrected chi connectivity index (χ3v) is 5.59. The van der Waals surface area contributed by atoms with Gasteiger partial charge in [0.15, 0.2) is 0 Å². The molecule has 6 heteroatoms. The maximum atomic E-state index is 13.1. The van der Waals surface area contributed by atoms with Crippen molar-refractivity contribution < 1.29 is 14.0 Å². The van der Waals surface area contributed by atoms with Gasteiger partial charge >= 0.3 is 0 Å². The van der Waals surface area contributed by atoms with Crippen molar-refractivity contribution in [3.05, 3.63) is 30.1 Å². The van der Waals surface area contributed by atoms with E-state index < -0.39 is 0 Å². The van der Waals surface area contributed by atoms with Crippen molar-refractivity contribution in [2.75, 3.05) is 31.5 Å². The molecule has 1 heterocycles. The molecule has 1 aliphatic carbocycles. The van der Waals surface area contributed by atoms with Crippen LogP contribution in [0.2, 0.25) is 0 Å². The summed E-state index contributed by atoms with van der Waals surface area (Å²) in [6, 6.07) is 5.72. The van der Waals surface area contributed by atoms with Crippen LogP contribution in [0.15, 0.2) is 24.3 Å². The fourth-order valence-corrected chi connectivity index (χ4v) is 4.17. The lowest BCUT2D eigenvalue weighted by molar-refractivity contribution is -0.134. The summed E-state index contributed by atoms with van der Waals surface area (Å²) in [5.41, 5.74) is 0.624. The van der Waals surface area contributed by atoms with E-state index in [1.807, 2.05) is 11.8 Å². The Bertz CT molecular complexity index is 620. The molecular weight excluding hydrogens is 333 g/mol. The van der Waals surface area contributed by atoms with Crippen LogP contribution in [-0.4, -0.2) is 53.8 Å². The van der Waals surface area contributed by atoms with Gasteiger partial charge in [-0.25, -0.2) is 4.39 Å². The van der Waals surface area contributed by atoms with Crippen molar-refractivity contribution in [1.29, 1.82) is 0 Å². The van der Waals surface area contributed by atoms with Crippen molar-refractivity contribution in [1.82, 2.24) is 9.80 Å². The Morgan fingerprint density at radius 3 is 2.31 bits per heavy atom. The summed E-state index contributed by atoms with van der Waals surface area (Å²) >= 11 is 0. The summed E-state index contributed by atoms with van der Waals surface area (Å²) in [5, 5.41) is 2.96. The topological polar surface area (TPSA) is 52.7 Å². The van der Waals surface area contributed by atoms with Gasteiger partial charge in [-0.1, -0.05) is 19.8 Å². The molecule has 1 aliphatic heterocycles. The number of anilines is 1. The predicted molar refractivity (Wildman–Crippen MR) is 99.2 cm³/mol. The van der Waals surface area contributed by atoms with Gasteiger partial charge in [0.05, 0.1) is 6.04 Å². The minimum atomic E-state index is -0.313. The van der Waals surface area contributed by atoms with Crippen LogP contribution in [0.4, 0.5) is 10.1 Å². The number of benzene rings is 1. The Morgan fingerprint density at radius 1 is 1.12 bits per heavy atom. The summed E-state index contributed by atoms with van der Waals surface area (Å²) in [4.78, 5) is 29.0. The van der Waals surface area contributed by atoms with Crippen LogP contribution < -0.4 is 5.32 Å². The molecule has 2 aliphatic rings. The van der Waals surface area contributed by atoms with Gasteiger partial charge in [0.1, 0.15) is 5.82 Å². The molecule has 1 atom stereocenters. The maximum absolute atomic E-state index is 13.1. The molecule has 2 amide bonds. The minimum absolute atomic E-state index is 0.0150. The zero-order chi connectivity index (χ0) is 18.5. The molecule has 1 saturated heterocycles. The van der Waals surface area contributed by atoms with Gasteiger partial charge in [0.25, 0.3) is 0 Å². The molecule has 0 spiro atoms. The molecule has 1 aromatic rings. The van der Waals surface area contributed by atoms with Crippen LogP contribution in [0.3, 0.4) is 0 Å². The second kappa shape index (κ2) is 8.62. The second-order valence-corrected chi connectivity index (χ2v) is 7.26. The number of hydrogen-bond donors (Lipinski definition) is 1. The Balaban J connectivity index is 1.68. The Hall–Kier alpha value is -1.95.